The van der Waals surface area contributed by atoms with Gasteiger partial charge in [-0.2, -0.15) is 0 Å². The van der Waals surface area contributed by atoms with E-state index in [2.05, 4.69) is 16.0 Å². The maximum absolute atomic E-state index is 12.2. The van der Waals surface area contributed by atoms with Crippen molar-refractivity contribution in [3.63, 3.8) is 0 Å². The van der Waals surface area contributed by atoms with Gasteiger partial charge in [0.2, 0.25) is 0 Å². The zero-order valence-corrected chi connectivity index (χ0v) is 13.1. The van der Waals surface area contributed by atoms with Crippen LogP contribution in [0.4, 0.5) is 16.2 Å². The van der Waals surface area contributed by atoms with Crippen LogP contribution in [0.1, 0.15) is 10.4 Å². The molecule has 0 aromatic heterocycles. The number of carbonyl (C=O) groups is 2. The van der Waals surface area contributed by atoms with Crippen molar-refractivity contribution in [1.29, 1.82) is 0 Å². The molecule has 0 aliphatic heterocycles. The fraction of sp³-hybridized carbons (Fsp3) is 0.0667. The van der Waals surface area contributed by atoms with E-state index in [1.165, 1.54) is 19.2 Å². The molecule has 5 nitrogen and oxygen atoms in total. The van der Waals surface area contributed by atoms with Crippen LogP contribution in [0.2, 0.25) is 10.0 Å². The van der Waals surface area contributed by atoms with Crippen LogP contribution in [0.15, 0.2) is 42.5 Å². The molecule has 3 N–H and O–H groups in total. The van der Waals surface area contributed by atoms with Crippen LogP contribution in [0.5, 0.6) is 0 Å². The van der Waals surface area contributed by atoms with Crippen LogP contribution in [-0.4, -0.2) is 19.0 Å². The smallest absolute Gasteiger partial charge is 0.318 e. The molecule has 0 saturated carbocycles. The summed E-state index contributed by atoms with van der Waals surface area (Å²) in [6, 6.07) is 11.0. The molecule has 22 heavy (non-hydrogen) atoms. The minimum absolute atomic E-state index is 0.343. The van der Waals surface area contributed by atoms with Gasteiger partial charge in [-0.1, -0.05) is 29.3 Å². The van der Waals surface area contributed by atoms with Gasteiger partial charge >= 0.3 is 6.03 Å². The van der Waals surface area contributed by atoms with E-state index >= 15 is 0 Å². The van der Waals surface area contributed by atoms with Crippen molar-refractivity contribution < 1.29 is 9.59 Å². The van der Waals surface area contributed by atoms with Gasteiger partial charge in [0.15, 0.2) is 0 Å². The van der Waals surface area contributed by atoms with Gasteiger partial charge < -0.3 is 16.0 Å². The number of rotatable bonds is 3. The Bertz CT molecular complexity index is 699. The Hall–Kier alpha value is -2.24. The predicted octanol–water partition coefficient (Wildman–Crippen LogP) is 4.00. The molecule has 0 saturated heterocycles. The molecule has 0 radical (unpaired) electrons. The first kappa shape index (κ1) is 16.1. The van der Waals surface area contributed by atoms with E-state index in [-0.39, 0.29) is 11.9 Å². The van der Waals surface area contributed by atoms with Gasteiger partial charge in [0.25, 0.3) is 5.91 Å². The molecular formula is C15H13Cl2N3O2. The summed E-state index contributed by atoms with van der Waals surface area (Å²) >= 11 is 11.8. The summed E-state index contributed by atoms with van der Waals surface area (Å²) in [5.41, 5.74) is 1.44. The van der Waals surface area contributed by atoms with E-state index in [9.17, 15) is 9.59 Å². The number of amides is 3. The van der Waals surface area contributed by atoms with Gasteiger partial charge in [0.05, 0.1) is 0 Å². The summed E-state index contributed by atoms with van der Waals surface area (Å²) in [5, 5.41) is 8.55. The number of benzene rings is 2. The highest BCUT2D eigenvalue weighted by Gasteiger charge is 2.09. The lowest BCUT2D eigenvalue weighted by molar-refractivity contribution is 0.102. The Morgan fingerprint density at radius 1 is 0.909 bits per heavy atom. The van der Waals surface area contributed by atoms with Crippen molar-refractivity contribution >= 4 is 46.5 Å². The van der Waals surface area contributed by atoms with Crippen molar-refractivity contribution in [2.24, 2.45) is 0 Å². The number of hydrogen-bond donors (Lipinski definition) is 3. The molecule has 3 amide bonds. The van der Waals surface area contributed by atoms with Gasteiger partial charge in [-0.15, -0.1) is 0 Å². The highest BCUT2D eigenvalue weighted by atomic mass is 35.5. The molecule has 0 bridgehead atoms. The summed E-state index contributed by atoms with van der Waals surface area (Å²) in [6.07, 6.45) is 0. The lowest BCUT2D eigenvalue weighted by Crippen LogP contribution is -2.24. The van der Waals surface area contributed by atoms with Crippen LogP contribution < -0.4 is 16.0 Å². The average Bonchev–Trinajstić information content (AvgIpc) is 2.46. The minimum atomic E-state index is -0.346. The first-order valence-electron chi connectivity index (χ1n) is 6.34. The molecular weight excluding hydrogens is 325 g/mol. The van der Waals surface area contributed by atoms with Crippen LogP contribution in [-0.2, 0) is 0 Å². The van der Waals surface area contributed by atoms with Crippen LogP contribution >= 0.6 is 23.2 Å². The monoisotopic (exact) mass is 337 g/mol. The summed E-state index contributed by atoms with van der Waals surface area (Å²) in [7, 11) is 1.52. The van der Waals surface area contributed by atoms with Crippen LogP contribution in [0.3, 0.4) is 0 Å². The third-order valence-electron chi connectivity index (χ3n) is 2.73. The molecule has 0 aliphatic carbocycles. The Kier molecular flexibility index (Phi) is 5.25. The maximum Gasteiger partial charge on any atom is 0.318 e. The zero-order chi connectivity index (χ0) is 16.1. The van der Waals surface area contributed by atoms with Crippen molar-refractivity contribution in [2.75, 3.05) is 17.7 Å². The molecule has 0 spiro atoms. The first-order valence-corrected chi connectivity index (χ1v) is 7.10. The van der Waals surface area contributed by atoms with Gasteiger partial charge in [-0.25, -0.2) is 4.79 Å². The summed E-state index contributed by atoms with van der Waals surface area (Å²) in [6.45, 7) is 0. The van der Waals surface area contributed by atoms with Crippen molar-refractivity contribution in [3.8, 4) is 0 Å². The van der Waals surface area contributed by atoms with Crippen molar-refractivity contribution in [1.82, 2.24) is 5.32 Å². The number of urea groups is 1. The predicted molar refractivity (Wildman–Crippen MR) is 88.9 cm³/mol. The summed E-state index contributed by atoms with van der Waals surface area (Å²) in [5.74, 6) is -0.346. The Balaban J connectivity index is 2.14. The molecule has 2 aromatic carbocycles. The van der Waals surface area contributed by atoms with Crippen LogP contribution in [0, 0.1) is 0 Å². The number of anilines is 2. The second-order valence-electron chi connectivity index (χ2n) is 4.40. The molecule has 0 heterocycles. The maximum atomic E-state index is 12.2. The third kappa shape index (κ3) is 4.38. The fourth-order valence-corrected chi connectivity index (χ4v) is 2.28. The molecule has 7 heteroatoms. The molecule has 0 unspecified atom stereocenters. The highest BCUT2D eigenvalue weighted by Crippen LogP contribution is 2.21. The number of halogens is 2. The van der Waals surface area contributed by atoms with E-state index in [1.807, 2.05) is 0 Å². The van der Waals surface area contributed by atoms with E-state index in [0.717, 1.165) is 0 Å². The SMILES string of the molecule is CNC(=O)Nc1cccc(NC(=O)c2cc(Cl)cc(Cl)c2)c1. The normalized spacial score (nSPS) is 9.95. The topological polar surface area (TPSA) is 70.2 Å². The average molecular weight is 338 g/mol. The number of hydrogen-bond acceptors (Lipinski definition) is 2. The lowest BCUT2D eigenvalue weighted by Gasteiger charge is -2.09. The van der Waals surface area contributed by atoms with E-state index < -0.39 is 0 Å². The second kappa shape index (κ2) is 7.15. The van der Waals surface area contributed by atoms with Crippen molar-refractivity contribution in [3.05, 3.63) is 58.1 Å². The Morgan fingerprint density at radius 3 is 2.09 bits per heavy atom. The Labute approximate surface area is 137 Å². The van der Waals surface area contributed by atoms with Gasteiger partial charge in [0.1, 0.15) is 0 Å². The lowest BCUT2D eigenvalue weighted by atomic mass is 10.2. The molecule has 0 aliphatic rings. The highest BCUT2D eigenvalue weighted by molar-refractivity contribution is 6.35. The number of nitrogens with one attached hydrogen (secondary N) is 3. The molecule has 2 aromatic rings. The standard InChI is InChI=1S/C15H13Cl2N3O2/c1-18-15(22)20-13-4-2-3-12(8-13)19-14(21)9-5-10(16)7-11(17)6-9/h2-8H,1H3,(H,19,21)(H2,18,20,22). The largest absolute Gasteiger partial charge is 0.341 e. The molecule has 114 valence electrons. The van der Waals surface area contributed by atoms with Gasteiger partial charge in [0, 0.05) is 34.0 Å². The molecule has 0 fully saturated rings. The van der Waals surface area contributed by atoms with Crippen LogP contribution in [0.25, 0.3) is 0 Å². The number of carbonyl (C=O) groups excluding carboxylic acids is 2. The van der Waals surface area contributed by atoms with Gasteiger partial charge in [-0.3, -0.25) is 4.79 Å². The summed E-state index contributed by atoms with van der Waals surface area (Å²) < 4.78 is 0. The zero-order valence-electron chi connectivity index (χ0n) is 11.6. The second-order valence-corrected chi connectivity index (χ2v) is 5.27. The molecule has 2 rings (SSSR count). The Morgan fingerprint density at radius 2 is 1.50 bits per heavy atom. The van der Waals surface area contributed by atoms with E-state index in [0.29, 0.717) is 27.0 Å². The van der Waals surface area contributed by atoms with Gasteiger partial charge in [-0.05, 0) is 36.4 Å². The first-order chi connectivity index (χ1) is 10.5. The van der Waals surface area contributed by atoms with Crippen molar-refractivity contribution in [2.45, 2.75) is 0 Å². The quantitative estimate of drug-likeness (QED) is 0.792. The fourth-order valence-electron chi connectivity index (χ4n) is 1.76. The van der Waals surface area contributed by atoms with E-state index in [4.69, 9.17) is 23.2 Å². The summed E-state index contributed by atoms with van der Waals surface area (Å²) in [4.78, 5) is 23.5. The molecule has 0 atom stereocenters. The third-order valence-corrected chi connectivity index (χ3v) is 3.17. The minimum Gasteiger partial charge on any atom is -0.341 e. The van der Waals surface area contributed by atoms with E-state index in [1.54, 1.807) is 30.3 Å².